The summed E-state index contributed by atoms with van der Waals surface area (Å²) >= 11 is 6.42. The Bertz CT molecular complexity index is 1080. The third-order valence-electron chi connectivity index (χ3n) is 4.39. The van der Waals surface area contributed by atoms with Gasteiger partial charge in [-0.05, 0) is 36.8 Å². The van der Waals surface area contributed by atoms with Gasteiger partial charge in [-0.15, -0.1) is 0 Å². The summed E-state index contributed by atoms with van der Waals surface area (Å²) in [4.78, 5) is 7.83. The lowest BCUT2D eigenvalue weighted by molar-refractivity contribution is 0.445. The minimum Gasteiger partial charge on any atom is -0.337 e. The van der Waals surface area contributed by atoms with Gasteiger partial charge >= 0.3 is 0 Å². The Kier molecular flexibility index (Phi) is 5.69. The van der Waals surface area contributed by atoms with Gasteiger partial charge in [0.25, 0.3) is 0 Å². The highest BCUT2D eigenvalue weighted by molar-refractivity contribution is 7.89. The standard InChI is InChI=1S/C20H22ClN3O2S/c1-4-24(5-2)27(25,26)16-10-11-18-19(13-16)23-20(22-18)17(21)12-15-8-6-14(3)7-9-15/h6-13H,4-5H2,1-3H3,(H,22,23). The second-order valence-corrected chi connectivity index (χ2v) is 8.60. The monoisotopic (exact) mass is 403 g/mol. The molecule has 0 spiro atoms. The molecule has 0 saturated heterocycles. The fourth-order valence-corrected chi connectivity index (χ4v) is 4.55. The van der Waals surface area contributed by atoms with Crippen LogP contribution >= 0.6 is 11.6 Å². The zero-order valence-corrected chi connectivity index (χ0v) is 17.1. The molecule has 3 rings (SSSR count). The van der Waals surface area contributed by atoms with E-state index >= 15 is 0 Å². The fraction of sp³-hybridized carbons (Fsp3) is 0.250. The van der Waals surface area contributed by atoms with Crippen molar-refractivity contribution in [3.05, 3.63) is 59.4 Å². The van der Waals surface area contributed by atoms with Crippen LogP contribution in [-0.2, 0) is 10.0 Å². The van der Waals surface area contributed by atoms with Gasteiger partial charge < -0.3 is 4.98 Å². The Morgan fingerprint density at radius 3 is 2.44 bits per heavy atom. The first kappa shape index (κ1) is 19.6. The van der Waals surface area contributed by atoms with E-state index < -0.39 is 10.0 Å². The van der Waals surface area contributed by atoms with E-state index in [0.29, 0.717) is 35.0 Å². The molecule has 2 aromatic carbocycles. The Morgan fingerprint density at radius 1 is 1.15 bits per heavy atom. The van der Waals surface area contributed by atoms with Crippen molar-refractivity contribution < 1.29 is 8.42 Å². The molecule has 1 heterocycles. The molecule has 5 nitrogen and oxygen atoms in total. The van der Waals surface area contributed by atoms with E-state index in [1.54, 1.807) is 18.2 Å². The van der Waals surface area contributed by atoms with Crippen molar-refractivity contribution in [2.45, 2.75) is 25.7 Å². The molecule has 0 aliphatic heterocycles. The van der Waals surface area contributed by atoms with E-state index in [1.807, 2.05) is 51.1 Å². The second-order valence-electron chi connectivity index (χ2n) is 6.26. The van der Waals surface area contributed by atoms with Crippen molar-refractivity contribution in [3.8, 4) is 0 Å². The molecule has 0 aliphatic rings. The number of aryl methyl sites for hydroxylation is 1. The van der Waals surface area contributed by atoms with Crippen LogP contribution in [-0.4, -0.2) is 35.8 Å². The molecule has 27 heavy (non-hydrogen) atoms. The highest BCUT2D eigenvalue weighted by Crippen LogP contribution is 2.25. The molecule has 0 aliphatic carbocycles. The average molecular weight is 404 g/mol. The number of H-pyrrole nitrogens is 1. The third kappa shape index (κ3) is 4.08. The molecule has 0 atom stereocenters. The van der Waals surface area contributed by atoms with Gasteiger partial charge in [0.05, 0.1) is 21.0 Å². The average Bonchev–Trinajstić information content (AvgIpc) is 3.08. The summed E-state index contributed by atoms with van der Waals surface area (Å²) in [6.07, 6.45) is 1.83. The van der Waals surface area contributed by atoms with E-state index in [2.05, 4.69) is 9.97 Å². The van der Waals surface area contributed by atoms with Crippen LogP contribution in [0.4, 0.5) is 0 Å². The zero-order chi connectivity index (χ0) is 19.6. The number of imidazole rings is 1. The Balaban J connectivity index is 1.97. The lowest BCUT2D eigenvalue weighted by Crippen LogP contribution is -2.30. The molecule has 0 saturated carbocycles. The molecular formula is C20H22ClN3O2S. The van der Waals surface area contributed by atoms with E-state index in [9.17, 15) is 8.42 Å². The highest BCUT2D eigenvalue weighted by Gasteiger charge is 2.22. The number of nitrogens with one attached hydrogen (secondary N) is 1. The van der Waals surface area contributed by atoms with Crippen LogP contribution in [0.3, 0.4) is 0 Å². The molecule has 142 valence electrons. The second kappa shape index (κ2) is 7.84. The Hall–Kier alpha value is -2.15. The predicted octanol–water partition coefficient (Wildman–Crippen LogP) is 4.64. The maximum Gasteiger partial charge on any atom is 0.243 e. The lowest BCUT2D eigenvalue weighted by atomic mass is 10.1. The quantitative estimate of drug-likeness (QED) is 0.652. The molecule has 7 heteroatoms. The van der Waals surface area contributed by atoms with Gasteiger partial charge in [0, 0.05) is 13.1 Å². The van der Waals surface area contributed by atoms with Gasteiger partial charge in [0.2, 0.25) is 10.0 Å². The Morgan fingerprint density at radius 2 is 1.81 bits per heavy atom. The first-order valence-electron chi connectivity index (χ1n) is 8.79. The number of benzene rings is 2. The molecule has 3 aromatic rings. The third-order valence-corrected chi connectivity index (χ3v) is 6.73. The van der Waals surface area contributed by atoms with Gasteiger partial charge in [0.1, 0.15) is 5.82 Å². The minimum atomic E-state index is -3.52. The molecule has 0 radical (unpaired) electrons. The molecule has 0 bridgehead atoms. The van der Waals surface area contributed by atoms with Gasteiger partial charge in [-0.3, -0.25) is 0 Å². The number of nitrogens with zero attached hydrogens (tertiary/aromatic N) is 2. The first-order valence-corrected chi connectivity index (χ1v) is 10.6. The van der Waals surface area contributed by atoms with E-state index in [-0.39, 0.29) is 4.90 Å². The van der Waals surface area contributed by atoms with Crippen LogP contribution in [0.2, 0.25) is 0 Å². The normalized spacial score (nSPS) is 12.9. The van der Waals surface area contributed by atoms with Crippen molar-refractivity contribution >= 4 is 43.8 Å². The summed E-state index contributed by atoms with van der Waals surface area (Å²) in [5.74, 6) is 0.504. The molecular weight excluding hydrogens is 382 g/mol. The SMILES string of the molecule is CCN(CC)S(=O)(=O)c1ccc2nc(C(Cl)=Cc3ccc(C)cc3)[nH]c2c1. The smallest absolute Gasteiger partial charge is 0.243 e. The number of aromatic amines is 1. The number of halogens is 1. The van der Waals surface area contributed by atoms with Crippen LogP contribution < -0.4 is 0 Å². The van der Waals surface area contributed by atoms with Crippen molar-refractivity contribution in [3.63, 3.8) is 0 Å². The van der Waals surface area contributed by atoms with E-state index in [1.165, 1.54) is 9.87 Å². The van der Waals surface area contributed by atoms with Crippen LogP contribution in [0.25, 0.3) is 22.1 Å². The molecule has 1 N–H and O–H groups in total. The maximum atomic E-state index is 12.7. The number of hydrogen-bond acceptors (Lipinski definition) is 3. The van der Waals surface area contributed by atoms with E-state index in [4.69, 9.17) is 11.6 Å². The van der Waals surface area contributed by atoms with Gasteiger partial charge in [-0.1, -0.05) is 55.3 Å². The number of rotatable bonds is 6. The predicted molar refractivity (Wildman–Crippen MR) is 111 cm³/mol. The Labute approximate surface area is 164 Å². The fourth-order valence-electron chi connectivity index (χ4n) is 2.85. The largest absolute Gasteiger partial charge is 0.337 e. The van der Waals surface area contributed by atoms with Gasteiger partial charge in [-0.25, -0.2) is 13.4 Å². The minimum absolute atomic E-state index is 0.243. The first-order chi connectivity index (χ1) is 12.8. The van der Waals surface area contributed by atoms with Gasteiger partial charge in [0.15, 0.2) is 0 Å². The topological polar surface area (TPSA) is 66.1 Å². The summed E-state index contributed by atoms with van der Waals surface area (Å²) in [6.45, 7) is 6.53. The van der Waals surface area contributed by atoms with Crippen LogP contribution in [0.15, 0.2) is 47.4 Å². The summed E-state index contributed by atoms with van der Waals surface area (Å²) in [5.41, 5.74) is 3.44. The lowest BCUT2D eigenvalue weighted by Gasteiger charge is -2.18. The molecule has 0 unspecified atom stereocenters. The maximum absolute atomic E-state index is 12.7. The summed E-state index contributed by atoms with van der Waals surface area (Å²) < 4.78 is 26.8. The van der Waals surface area contributed by atoms with Crippen LogP contribution in [0.1, 0.15) is 30.8 Å². The van der Waals surface area contributed by atoms with Crippen molar-refractivity contribution in [2.24, 2.45) is 0 Å². The van der Waals surface area contributed by atoms with E-state index in [0.717, 1.165) is 5.56 Å². The summed E-state index contributed by atoms with van der Waals surface area (Å²) in [5, 5.41) is 0.461. The number of sulfonamides is 1. The molecule has 0 amide bonds. The highest BCUT2D eigenvalue weighted by atomic mass is 35.5. The summed E-state index contributed by atoms with van der Waals surface area (Å²) in [7, 11) is -3.52. The molecule has 1 aromatic heterocycles. The van der Waals surface area contributed by atoms with Crippen molar-refractivity contribution in [2.75, 3.05) is 13.1 Å². The van der Waals surface area contributed by atoms with Crippen molar-refractivity contribution in [1.29, 1.82) is 0 Å². The number of fused-ring (bicyclic) bond motifs is 1. The van der Waals surface area contributed by atoms with Crippen molar-refractivity contribution in [1.82, 2.24) is 14.3 Å². The number of hydrogen-bond donors (Lipinski definition) is 1. The summed E-state index contributed by atoms with van der Waals surface area (Å²) in [6, 6.07) is 12.9. The van der Waals surface area contributed by atoms with Crippen LogP contribution in [0, 0.1) is 6.92 Å². The van der Waals surface area contributed by atoms with Gasteiger partial charge in [-0.2, -0.15) is 4.31 Å². The zero-order valence-electron chi connectivity index (χ0n) is 15.5. The number of aromatic nitrogens is 2. The van der Waals surface area contributed by atoms with Crippen LogP contribution in [0.5, 0.6) is 0 Å². The molecule has 0 fully saturated rings.